The summed E-state index contributed by atoms with van der Waals surface area (Å²) in [6, 6.07) is 39.6. The number of quaternary nitrogens is 1. The largest absolute Gasteiger partial charge is 1.00 e. The number of ether oxygens (including phenoxy) is 1. The van der Waals surface area contributed by atoms with Crippen LogP contribution in [0.5, 0.6) is 23.0 Å². The van der Waals surface area contributed by atoms with E-state index in [1.165, 1.54) is 99.7 Å². The second-order valence-corrected chi connectivity index (χ2v) is 26.6. The van der Waals surface area contributed by atoms with Crippen LogP contribution in [-0.2, 0) is 9.09 Å². The molecule has 464 valence electrons. The molecule has 5 aromatic carbocycles. The molecule has 3 unspecified atom stereocenters. The van der Waals surface area contributed by atoms with Gasteiger partial charge in [0.2, 0.25) is 5.36 Å². The Kier molecular flexibility index (Phi) is 31.9. The van der Waals surface area contributed by atoms with E-state index in [1.54, 1.807) is 41.7 Å². The number of halogens is 4. The highest BCUT2D eigenvalue weighted by atomic mass is 127. The molecule has 0 amide bonds. The Hall–Kier alpha value is -4.89. The lowest BCUT2D eigenvalue weighted by molar-refractivity contribution is -0.929. The van der Waals surface area contributed by atoms with Gasteiger partial charge in [-0.3, -0.25) is 4.57 Å². The minimum atomic E-state index is -3.43. The number of carboxylic acid groups (broad SMARTS) is 1. The van der Waals surface area contributed by atoms with Crippen LogP contribution in [0, 0.1) is 13.8 Å². The Balaban J connectivity index is 0.000000304. The van der Waals surface area contributed by atoms with Crippen LogP contribution >= 0.6 is 39.1 Å². The van der Waals surface area contributed by atoms with E-state index in [0.717, 1.165) is 50.0 Å². The Morgan fingerprint density at radius 2 is 1.25 bits per heavy atom. The molecular weight excluding hydrogens is 1290 g/mol. The summed E-state index contributed by atoms with van der Waals surface area (Å²) in [5.74, 6) is 1.42. The smallest absolute Gasteiger partial charge is 0.386 e. The van der Waals surface area contributed by atoms with E-state index in [9.17, 15) is 19.3 Å². The van der Waals surface area contributed by atoms with Crippen molar-refractivity contribution < 1.29 is 82.9 Å². The van der Waals surface area contributed by atoms with Crippen molar-refractivity contribution in [2.45, 2.75) is 98.6 Å². The van der Waals surface area contributed by atoms with Gasteiger partial charge >= 0.3 is 20.5 Å². The predicted molar refractivity (Wildman–Crippen MR) is 345 cm³/mol. The van der Waals surface area contributed by atoms with Crippen molar-refractivity contribution in [2.75, 3.05) is 85.4 Å². The maximum atomic E-state index is 14.1. The predicted octanol–water partition coefficient (Wildman–Crippen LogP) is 11.3. The summed E-state index contributed by atoms with van der Waals surface area (Å²) >= 11 is 9.53. The van der Waals surface area contributed by atoms with Gasteiger partial charge in [0.15, 0.2) is 0 Å². The third-order valence-corrected chi connectivity index (χ3v) is 17.7. The van der Waals surface area contributed by atoms with E-state index < -0.39 is 27.5 Å². The number of carbonyl (C=O) groups is 2. The molecule has 3 aliphatic heterocycles. The molecule has 0 bridgehead atoms. The van der Waals surface area contributed by atoms with Gasteiger partial charge in [-0.05, 0) is 119 Å². The second-order valence-electron chi connectivity index (χ2n) is 21.7. The summed E-state index contributed by atoms with van der Waals surface area (Å²) in [6.45, 7) is 20.6. The zero-order valence-electron chi connectivity index (χ0n) is 51.8. The molecule has 3 atom stereocenters. The first kappa shape index (κ1) is 74.4. The first-order chi connectivity index (χ1) is 39.6. The number of fused-ring (bicyclic) bond motifs is 5. The maximum Gasteiger partial charge on any atom is 0.386 e. The van der Waals surface area contributed by atoms with E-state index in [-0.39, 0.29) is 59.0 Å². The van der Waals surface area contributed by atoms with Crippen LogP contribution in [-0.4, -0.2) is 107 Å². The lowest BCUT2D eigenvalue weighted by Crippen LogP contribution is -3.00. The number of carbonyl (C=O) groups excluding carboxylic acids is 1. The van der Waals surface area contributed by atoms with Gasteiger partial charge in [-0.25, -0.2) is 18.8 Å². The average Bonchev–Trinajstić information content (AvgIpc) is 2.44. The highest BCUT2D eigenvalue weighted by Crippen LogP contribution is 2.65. The topological polar surface area (TPSA) is 131 Å². The number of benzene rings is 6. The molecule has 0 radical (unpaired) electrons. The normalized spacial score (nSPS) is 14.2. The van der Waals surface area contributed by atoms with Crippen LogP contribution < -0.4 is 65.0 Å². The minimum absolute atomic E-state index is 0. The quantitative estimate of drug-likeness (QED) is 0.0220. The van der Waals surface area contributed by atoms with E-state index >= 15 is 0 Å². The number of hydrogen-bond donors (Lipinski definition) is 1. The molecule has 4 aliphatic rings. The van der Waals surface area contributed by atoms with Gasteiger partial charge < -0.3 is 73.6 Å². The van der Waals surface area contributed by atoms with Gasteiger partial charge in [-0.2, -0.15) is 0 Å². The van der Waals surface area contributed by atoms with Crippen molar-refractivity contribution >= 4 is 67.7 Å². The van der Waals surface area contributed by atoms with Gasteiger partial charge in [-0.1, -0.05) is 108 Å². The van der Waals surface area contributed by atoms with Crippen molar-refractivity contribution in [3.8, 4) is 34.3 Å². The third kappa shape index (κ3) is 21.4. The molecule has 85 heavy (non-hydrogen) atoms. The number of para-hydroxylation sites is 2. The molecule has 13 nitrogen and oxygen atoms in total. The van der Waals surface area contributed by atoms with Gasteiger partial charge in [0, 0.05) is 60.7 Å². The summed E-state index contributed by atoms with van der Waals surface area (Å²) < 4.78 is 48.1. The van der Waals surface area contributed by atoms with Crippen LogP contribution in [0.1, 0.15) is 128 Å². The lowest BCUT2D eigenvalue weighted by atomic mass is 9.98. The fraction of sp³-hybridized carbons (Fsp3) is 0.409. The number of nitrogens with zero attached hydrogens (tertiary/aromatic N) is 4. The highest BCUT2D eigenvalue weighted by molar-refractivity contribution is 7.59. The van der Waals surface area contributed by atoms with Crippen LogP contribution in [0.3, 0.4) is 0 Å². The van der Waals surface area contributed by atoms with Crippen LogP contribution in [0.4, 0.5) is 5.69 Å². The number of hydrogen-bond acceptors (Lipinski definition) is 10. The molecule has 0 saturated heterocycles. The van der Waals surface area contributed by atoms with Crippen molar-refractivity contribution in [2.24, 2.45) is 0 Å². The monoisotopic (exact) mass is 1370 g/mol. The Labute approximate surface area is 540 Å². The van der Waals surface area contributed by atoms with Crippen LogP contribution in [0.2, 0.25) is 0 Å². The Morgan fingerprint density at radius 3 is 1.81 bits per heavy atom. The molecule has 19 heteroatoms. The zero-order chi connectivity index (χ0) is 60.9. The molecular formula is C66H88Cl3IN4O9P2. The van der Waals surface area contributed by atoms with Gasteiger partial charge in [0.05, 0.1) is 37.6 Å². The summed E-state index contributed by atoms with van der Waals surface area (Å²) in [5, 5.41) is 12.0. The van der Waals surface area contributed by atoms with E-state index in [4.69, 9.17) is 45.9 Å². The summed E-state index contributed by atoms with van der Waals surface area (Å²) in [4.78, 5) is 25.1. The zero-order valence-corrected chi connectivity index (χ0v) is 58.0. The Bertz CT molecular complexity index is 3290. The van der Waals surface area contributed by atoms with Crippen LogP contribution in [0.25, 0.3) is 22.3 Å². The minimum Gasteiger partial charge on any atom is -1.00 e. The fourth-order valence-electron chi connectivity index (χ4n) is 9.72. The number of rotatable bonds is 18. The highest BCUT2D eigenvalue weighted by Gasteiger charge is 2.41. The van der Waals surface area contributed by atoms with Crippen molar-refractivity contribution in [3.05, 3.63) is 166 Å². The molecule has 3 heterocycles. The van der Waals surface area contributed by atoms with Crippen LogP contribution in [0.15, 0.2) is 132 Å². The van der Waals surface area contributed by atoms with E-state index in [0.29, 0.717) is 22.8 Å². The molecule has 1 aliphatic carbocycles. The molecule has 0 spiro atoms. The lowest BCUT2D eigenvalue weighted by Gasteiger charge is -2.39. The fourth-order valence-corrected chi connectivity index (χ4v) is 12.7. The van der Waals surface area contributed by atoms with Gasteiger partial charge in [0.1, 0.15) is 65.2 Å². The SMILES string of the molecule is CCCC[N+](CCCC)(CCCC)CCCC.CN(C)P1OC(=O)c2ccccc2O1.Cc1ccc2c(c1)Oc1cc(N(C)C)ccc1C2P(C)(=O)Oc1ccccc1C(=O)O.Cc1ccc2cc3ccc(=[N+](C)C)cc-3oc2c1.ClCCl.[Cl-].[I-]. The summed E-state index contributed by atoms with van der Waals surface area (Å²) in [7, 11) is 6.87. The number of carboxylic acids is 1. The van der Waals surface area contributed by atoms with Gasteiger partial charge in [0.25, 0.3) is 7.37 Å². The molecule has 1 N–H and O–H groups in total. The first-order valence-electron chi connectivity index (χ1n) is 28.7. The second kappa shape index (κ2) is 36.4. The average molecular weight is 1380 g/mol. The molecule has 9 rings (SSSR count). The number of aryl methyl sites for hydroxylation is 2. The van der Waals surface area contributed by atoms with E-state index in [2.05, 4.69) is 81.7 Å². The van der Waals surface area contributed by atoms with Crippen molar-refractivity contribution in [1.82, 2.24) is 9.25 Å². The third-order valence-electron chi connectivity index (χ3n) is 14.3. The maximum absolute atomic E-state index is 14.1. The van der Waals surface area contributed by atoms with Crippen molar-refractivity contribution in [3.63, 3.8) is 0 Å². The molecule has 0 saturated carbocycles. The first-order valence-corrected chi connectivity index (χ1v) is 33.1. The standard InChI is InChI=1S/C24H24NO5P.C16H16NO.C16H36N.C9H10NO3P.CH2Cl2.ClH.HI/c1-15-9-11-17-21(13-15)29-22-14-16(25(2)3)10-12-18(22)23(17)31(4,28)30-20-8-6-5-7-19(20)24(26)27;1-11-4-5-12-9-13-6-7-14(17(2)3)10-16(13)18-15(12)8-11;1-5-9-13-17(14-10-6-2,15-11-7-3)16-12-8-4;1-10(2)14-12-8-6-4-3-5-7(8)9(11)13-14;2-1-3;;/h5-14,23H,1-4H3,(H,26,27);4-10H,1-3H3;5-16H2,1-4H3;3-6H,1-2H3;1H2;2*1H/q;2*+1;;;;/p-2. The van der Waals surface area contributed by atoms with Crippen molar-refractivity contribution in [1.29, 1.82) is 0 Å². The van der Waals surface area contributed by atoms with Gasteiger partial charge in [-0.15, -0.1) is 23.2 Å². The number of anilines is 1. The Morgan fingerprint density at radius 1 is 0.706 bits per heavy atom. The summed E-state index contributed by atoms with van der Waals surface area (Å²) in [5.41, 5.74) is 6.66. The molecule has 0 fully saturated rings. The summed E-state index contributed by atoms with van der Waals surface area (Å²) in [6.07, 6.45) is 11.1. The number of unbranched alkanes of at least 4 members (excludes halogenated alkanes) is 4. The number of alkyl halides is 2. The number of aromatic carboxylic acids is 1. The van der Waals surface area contributed by atoms with E-state index in [1.807, 2.05) is 96.6 Å². The molecule has 0 aromatic heterocycles. The molecule has 5 aromatic rings.